The monoisotopic (exact) mass is 520 g/mol. The number of benzene rings is 2. The lowest BCUT2D eigenvalue weighted by molar-refractivity contribution is -0.142. The molecule has 2 aromatic rings. The molecular weight excluding hydrogens is 502 g/mol. The van der Waals surface area contributed by atoms with Gasteiger partial charge >= 0.3 is 0 Å². The van der Waals surface area contributed by atoms with Crippen molar-refractivity contribution in [3.63, 3.8) is 0 Å². The zero-order chi connectivity index (χ0) is 21.6. The van der Waals surface area contributed by atoms with Gasteiger partial charge in [-0.1, -0.05) is 47.8 Å². The van der Waals surface area contributed by atoms with Gasteiger partial charge in [0, 0.05) is 18.6 Å². The first kappa shape index (κ1) is 23.8. The summed E-state index contributed by atoms with van der Waals surface area (Å²) >= 11 is 21.4. The van der Waals surface area contributed by atoms with Crippen molar-refractivity contribution in [3.8, 4) is 5.75 Å². The molecular formula is C20H20BrCl3N2O3. The van der Waals surface area contributed by atoms with E-state index in [2.05, 4.69) is 21.2 Å². The first-order chi connectivity index (χ1) is 13.8. The Labute approximate surface area is 193 Å². The van der Waals surface area contributed by atoms with Crippen molar-refractivity contribution >= 4 is 62.5 Å². The molecule has 0 radical (unpaired) electrons. The lowest BCUT2D eigenvalue weighted by Gasteiger charge is -2.30. The van der Waals surface area contributed by atoms with Crippen LogP contribution >= 0.6 is 50.7 Å². The number of hydrogen-bond acceptors (Lipinski definition) is 3. The summed E-state index contributed by atoms with van der Waals surface area (Å²) in [7, 11) is 1.54. The topological polar surface area (TPSA) is 58.6 Å². The van der Waals surface area contributed by atoms with Crippen molar-refractivity contribution in [2.24, 2.45) is 0 Å². The van der Waals surface area contributed by atoms with E-state index in [0.29, 0.717) is 31.7 Å². The summed E-state index contributed by atoms with van der Waals surface area (Å²) in [5.74, 6) is -0.118. The molecule has 9 heteroatoms. The van der Waals surface area contributed by atoms with Gasteiger partial charge < -0.3 is 15.0 Å². The zero-order valence-electron chi connectivity index (χ0n) is 15.8. The summed E-state index contributed by atoms with van der Waals surface area (Å²) in [5.41, 5.74) is 0.753. The highest BCUT2D eigenvalue weighted by Gasteiger charge is 2.28. The number of halogens is 4. The van der Waals surface area contributed by atoms with Crippen LogP contribution in [0.1, 0.15) is 18.9 Å². The van der Waals surface area contributed by atoms with Gasteiger partial charge in [-0.15, -0.1) is 0 Å². The fourth-order valence-corrected chi connectivity index (χ4v) is 3.85. The molecule has 1 atom stereocenters. The van der Waals surface area contributed by atoms with Crippen LogP contribution in [0.4, 0.5) is 0 Å². The Hall–Kier alpha value is -1.47. The van der Waals surface area contributed by atoms with Crippen LogP contribution < -0.4 is 10.1 Å². The third-order valence-corrected chi connectivity index (χ3v) is 5.81. The smallest absolute Gasteiger partial charge is 0.261 e. The fraction of sp³-hybridized carbons (Fsp3) is 0.300. The second-order valence-corrected chi connectivity index (χ2v) is 8.28. The summed E-state index contributed by atoms with van der Waals surface area (Å²) in [6.45, 7) is 1.79. The molecule has 0 saturated carbocycles. The second kappa shape index (κ2) is 11.1. The maximum Gasteiger partial charge on any atom is 0.261 e. The van der Waals surface area contributed by atoms with Gasteiger partial charge in [0.1, 0.15) is 11.8 Å². The molecule has 1 N–H and O–H groups in total. The van der Waals surface area contributed by atoms with Crippen molar-refractivity contribution in [2.45, 2.75) is 25.9 Å². The zero-order valence-corrected chi connectivity index (χ0v) is 19.7. The highest BCUT2D eigenvalue weighted by molar-refractivity contribution is 9.10. The number of hydrogen-bond donors (Lipinski definition) is 1. The molecule has 0 heterocycles. The number of rotatable bonds is 8. The molecule has 0 saturated heterocycles. The van der Waals surface area contributed by atoms with Gasteiger partial charge in [0.25, 0.3) is 5.91 Å². The molecule has 0 aliphatic rings. The Balaban J connectivity index is 2.23. The highest BCUT2D eigenvalue weighted by atomic mass is 79.9. The second-order valence-electron chi connectivity index (χ2n) is 6.17. The molecule has 0 fully saturated rings. The van der Waals surface area contributed by atoms with Crippen molar-refractivity contribution in [3.05, 3.63) is 61.5 Å². The third-order valence-electron chi connectivity index (χ3n) is 4.21. The molecule has 0 unspecified atom stereocenters. The van der Waals surface area contributed by atoms with E-state index in [-0.39, 0.29) is 25.0 Å². The number of likely N-dealkylation sites (N-methyl/N-ethyl adjacent to an activating group) is 1. The van der Waals surface area contributed by atoms with Crippen molar-refractivity contribution in [1.82, 2.24) is 10.2 Å². The Morgan fingerprint density at radius 2 is 1.86 bits per heavy atom. The average molecular weight is 523 g/mol. The minimum absolute atomic E-state index is 0.187. The van der Waals surface area contributed by atoms with Gasteiger partial charge in [0.05, 0.1) is 14.5 Å². The number of carbonyl (C=O) groups is 2. The van der Waals surface area contributed by atoms with E-state index < -0.39 is 6.04 Å². The minimum Gasteiger partial charge on any atom is -0.483 e. The number of amides is 2. The molecule has 0 spiro atoms. The maximum atomic E-state index is 13.0. The van der Waals surface area contributed by atoms with E-state index in [4.69, 9.17) is 39.5 Å². The predicted octanol–water partition coefficient (Wildman–Crippen LogP) is 5.34. The predicted molar refractivity (Wildman–Crippen MR) is 120 cm³/mol. The molecule has 0 aliphatic heterocycles. The number of nitrogens with zero attached hydrogens (tertiary/aromatic N) is 1. The van der Waals surface area contributed by atoms with E-state index in [9.17, 15) is 9.59 Å². The molecule has 5 nitrogen and oxygen atoms in total. The Kier molecular flexibility index (Phi) is 9.08. The molecule has 0 bridgehead atoms. The number of ether oxygens (including phenoxy) is 1. The highest BCUT2D eigenvalue weighted by Crippen LogP contribution is 2.28. The largest absolute Gasteiger partial charge is 0.483 e. The minimum atomic E-state index is -0.654. The molecule has 156 valence electrons. The quantitative estimate of drug-likeness (QED) is 0.509. The Bertz CT molecular complexity index is 895. The Morgan fingerprint density at radius 1 is 1.14 bits per heavy atom. The Morgan fingerprint density at radius 3 is 2.45 bits per heavy atom. The van der Waals surface area contributed by atoms with Crippen LogP contribution in [0.3, 0.4) is 0 Å². The lowest BCUT2D eigenvalue weighted by Crippen LogP contribution is -2.49. The van der Waals surface area contributed by atoms with Crippen LogP contribution in [0.5, 0.6) is 5.75 Å². The summed E-state index contributed by atoms with van der Waals surface area (Å²) in [5, 5.41) is 3.95. The lowest BCUT2D eigenvalue weighted by atomic mass is 10.1. The SMILES string of the molecule is CC[C@H](C(=O)NC)N(Cc1ccc(Cl)c(Cl)c1)C(=O)COc1ccc(Cl)cc1Br. The van der Waals surface area contributed by atoms with Crippen LogP contribution in [0, 0.1) is 0 Å². The first-order valence-electron chi connectivity index (χ1n) is 8.79. The summed E-state index contributed by atoms with van der Waals surface area (Å²) in [6.07, 6.45) is 0.442. The normalized spacial score (nSPS) is 11.7. The van der Waals surface area contributed by atoms with Gasteiger partial charge in [0.15, 0.2) is 6.61 Å². The van der Waals surface area contributed by atoms with Crippen LogP contribution in [0.25, 0.3) is 0 Å². The van der Waals surface area contributed by atoms with Gasteiger partial charge in [-0.2, -0.15) is 0 Å². The molecule has 0 aliphatic carbocycles. The molecule has 29 heavy (non-hydrogen) atoms. The third kappa shape index (κ3) is 6.51. The fourth-order valence-electron chi connectivity index (χ4n) is 2.74. The maximum absolute atomic E-state index is 13.0. The molecule has 2 rings (SSSR count). The van der Waals surface area contributed by atoms with E-state index >= 15 is 0 Å². The van der Waals surface area contributed by atoms with Gasteiger partial charge in [-0.05, 0) is 58.2 Å². The average Bonchev–Trinajstić information content (AvgIpc) is 2.69. The van der Waals surface area contributed by atoms with Crippen LogP contribution in [0.2, 0.25) is 15.1 Å². The summed E-state index contributed by atoms with van der Waals surface area (Å²) < 4.78 is 6.28. The molecule has 2 aromatic carbocycles. The van der Waals surface area contributed by atoms with E-state index in [0.717, 1.165) is 5.56 Å². The molecule has 0 aromatic heterocycles. The summed E-state index contributed by atoms with van der Waals surface area (Å²) in [6, 6.07) is 9.45. The van der Waals surface area contributed by atoms with Gasteiger partial charge in [-0.25, -0.2) is 0 Å². The van der Waals surface area contributed by atoms with Crippen molar-refractivity contribution in [2.75, 3.05) is 13.7 Å². The standard InChI is InChI=1S/C20H20BrCl3N2O3/c1-3-17(20(28)25-2)26(10-12-4-6-15(23)16(24)8-12)19(27)11-29-18-7-5-13(22)9-14(18)21/h4-9,17H,3,10-11H2,1-2H3,(H,25,28)/t17-/m1/s1. The van der Waals surface area contributed by atoms with Crippen LogP contribution in [-0.4, -0.2) is 36.4 Å². The van der Waals surface area contributed by atoms with E-state index in [1.54, 1.807) is 36.4 Å². The van der Waals surface area contributed by atoms with Crippen LogP contribution in [-0.2, 0) is 16.1 Å². The van der Waals surface area contributed by atoms with Gasteiger partial charge in [0.2, 0.25) is 5.91 Å². The van der Waals surface area contributed by atoms with Crippen molar-refractivity contribution in [1.29, 1.82) is 0 Å². The molecule has 2 amide bonds. The summed E-state index contributed by atoms with van der Waals surface area (Å²) in [4.78, 5) is 26.8. The number of nitrogens with one attached hydrogen (secondary N) is 1. The van der Waals surface area contributed by atoms with E-state index in [1.165, 1.54) is 11.9 Å². The van der Waals surface area contributed by atoms with E-state index in [1.807, 2.05) is 6.92 Å². The number of carbonyl (C=O) groups excluding carboxylic acids is 2. The van der Waals surface area contributed by atoms with Crippen molar-refractivity contribution < 1.29 is 14.3 Å². The van der Waals surface area contributed by atoms with Crippen LogP contribution in [0.15, 0.2) is 40.9 Å². The van der Waals surface area contributed by atoms with Gasteiger partial charge in [-0.3, -0.25) is 9.59 Å². The first-order valence-corrected chi connectivity index (χ1v) is 10.7.